The number of benzene rings is 6. The van der Waals surface area contributed by atoms with E-state index in [1.54, 1.807) is 24.3 Å². The van der Waals surface area contributed by atoms with Gasteiger partial charge in [-0.05, 0) is 68.8 Å². The Labute approximate surface area is 405 Å². The molecular weight excluding hydrogens is 885 g/mol. The molecule has 1 saturated heterocycles. The SMILES string of the molecule is O=C1N[C@@H](Cc2ccc(O)cc2)C(=O)N2Cc3ccccc3C[C@H]2C(=O)N[C@@H](Cc2ccccc2)C(=O)N[C@@H](Cc2ccc(O)cc2)C(=O)N2Cc3ccccc3C[C@H]2C(=O)N[C@H]1Cc1ccccc1. The van der Waals surface area contributed by atoms with Gasteiger partial charge < -0.3 is 41.3 Å². The molecule has 3 aliphatic rings. The van der Waals surface area contributed by atoms with E-state index in [1.165, 1.54) is 34.1 Å². The average Bonchev–Trinajstić information content (AvgIpc) is 3.38. The first kappa shape index (κ1) is 46.8. The van der Waals surface area contributed by atoms with Crippen molar-refractivity contribution in [1.29, 1.82) is 0 Å². The summed E-state index contributed by atoms with van der Waals surface area (Å²) in [6, 6.07) is 38.4. The van der Waals surface area contributed by atoms with Crippen LogP contribution in [0.15, 0.2) is 158 Å². The van der Waals surface area contributed by atoms with Gasteiger partial charge in [0.05, 0.1) is 0 Å². The Hall–Kier alpha value is -8.26. The lowest BCUT2D eigenvalue weighted by atomic mass is 9.91. The van der Waals surface area contributed by atoms with Gasteiger partial charge in [-0.3, -0.25) is 28.8 Å². The smallest absolute Gasteiger partial charge is 0.246 e. The van der Waals surface area contributed by atoms with Crippen LogP contribution in [0.4, 0.5) is 0 Å². The van der Waals surface area contributed by atoms with Crippen LogP contribution in [0.3, 0.4) is 0 Å². The molecule has 0 saturated carbocycles. The van der Waals surface area contributed by atoms with Gasteiger partial charge >= 0.3 is 0 Å². The molecule has 6 atom stereocenters. The van der Waals surface area contributed by atoms with Gasteiger partial charge in [-0.2, -0.15) is 0 Å². The number of hydrogen-bond acceptors (Lipinski definition) is 8. The fraction of sp³-hybridized carbons (Fsp3) is 0.250. The maximum absolute atomic E-state index is 15.3. The Kier molecular flexibility index (Phi) is 14.0. The summed E-state index contributed by atoms with van der Waals surface area (Å²) >= 11 is 0. The quantitative estimate of drug-likeness (QED) is 0.130. The Morgan fingerprint density at radius 2 is 0.657 bits per heavy atom. The molecule has 0 aromatic heterocycles. The molecule has 0 aliphatic carbocycles. The molecule has 14 heteroatoms. The number of fused-ring (bicyclic) bond motifs is 4. The molecule has 9 rings (SSSR count). The van der Waals surface area contributed by atoms with E-state index in [1.807, 2.05) is 109 Å². The van der Waals surface area contributed by atoms with E-state index in [4.69, 9.17) is 0 Å². The standard InChI is InChI=1S/C56H54N6O8/c63-43-23-19-37(20-24-43)29-47-55(69)62-34-42-18-10-8-16-40(42)32-50(62)54(68)58-46(28-36-13-5-2-6-14-36)52(66)60-48(30-38-21-25-44(64)26-22-38)56(70)61-33-41-17-9-7-15-39(41)31-49(61)53(67)57-45(51(65)59-47)27-35-11-3-1-4-12-35/h1-26,45-50,63-64H,27-34H2,(H,57,67)(H,58,68)(H,59,65)(H,60,66)/t45-,46-,47-,48-,49-,50-/m0/s1. The van der Waals surface area contributed by atoms with Gasteiger partial charge in [0.2, 0.25) is 35.4 Å². The summed E-state index contributed by atoms with van der Waals surface area (Å²) in [4.78, 5) is 93.6. The third-order valence-electron chi connectivity index (χ3n) is 13.5. The summed E-state index contributed by atoms with van der Waals surface area (Å²) in [5.74, 6) is -3.67. The molecule has 0 radical (unpaired) electrons. The number of carbonyl (C=O) groups is 6. The fourth-order valence-electron chi connectivity index (χ4n) is 9.71. The van der Waals surface area contributed by atoms with E-state index in [0.29, 0.717) is 11.1 Å². The minimum atomic E-state index is -1.27. The first-order chi connectivity index (χ1) is 33.9. The minimum Gasteiger partial charge on any atom is -0.508 e. The van der Waals surface area contributed by atoms with Crippen molar-refractivity contribution in [2.24, 2.45) is 0 Å². The second kappa shape index (κ2) is 20.9. The van der Waals surface area contributed by atoms with Crippen LogP contribution in [-0.4, -0.2) is 91.7 Å². The van der Waals surface area contributed by atoms with Crippen LogP contribution >= 0.6 is 0 Å². The van der Waals surface area contributed by atoms with Crippen molar-refractivity contribution in [3.8, 4) is 11.5 Å². The highest BCUT2D eigenvalue weighted by molar-refractivity contribution is 5.99. The number of hydrogen-bond donors (Lipinski definition) is 6. The summed E-state index contributed by atoms with van der Waals surface area (Å²) in [6.07, 6.45) is 0.180. The molecule has 0 spiro atoms. The van der Waals surface area contributed by atoms with E-state index < -0.39 is 71.7 Å². The molecule has 6 aromatic carbocycles. The Balaban J connectivity index is 1.17. The molecule has 1 fully saturated rings. The second-order valence-electron chi connectivity index (χ2n) is 18.3. The molecular formula is C56H54N6O8. The highest BCUT2D eigenvalue weighted by Gasteiger charge is 2.43. The summed E-state index contributed by atoms with van der Waals surface area (Å²) in [7, 11) is 0. The van der Waals surface area contributed by atoms with Gasteiger partial charge in [-0.15, -0.1) is 0 Å². The third kappa shape index (κ3) is 10.9. The van der Waals surface area contributed by atoms with E-state index in [2.05, 4.69) is 21.3 Å². The van der Waals surface area contributed by atoms with Gasteiger partial charge in [0.15, 0.2) is 0 Å². The number of amides is 6. The molecule has 0 bridgehead atoms. The van der Waals surface area contributed by atoms with Crippen LogP contribution in [-0.2, 0) is 80.4 Å². The maximum Gasteiger partial charge on any atom is 0.246 e. The molecule has 70 heavy (non-hydrogen) atoms. The van der Waals surface area contributed by atoms with Gasteiger partial charge in [0, 0.05) is 51.6 Å². The molecule has 6 N–H and O–H groups in total. The lowest BCUT2D eigenvalue weighted by Crippen LogP contribution is -2.64. The second-order valence-corrected chi connectivity index (χ2v) is 18.3. The van der Waals surface area contributed by atoms with Crippen molar-refractivity contribution in [3.63, 3.8) is 0 Å². The number of carbonyl (C=O) groups excluding carboxylic acids is 6. The predicted molar refractivity (Wildman–Crippen MR) is 261 cm³/mol. The first-order valence-corrected chi connectivity index (χ1v) is 23.6. The summed E-state index contributed by atoms with van der Waals surface area (Å²) in [5, 5.41) is 32.2. The number of rotatable bonds is 8. The van der Waals surface area contributed by atoms with Crippen molar-refractivity contribution in [3.05, 3.63) is 202 Å². The Morgan fingerprint density at radius 3 is 1.03 bits per heavy atom. The van der Waals surface area contributed by atoms with Gasteiger partial charge in [0.25, 0.3) is 0 Å². The molecule has 3 heterocycles. The molecule has 14 nitrogen and oxygen atoms in total. The van der Waals surface area contributed by atoms with Crippen molar-refractivity contribution < 1.29 is 39.0 Å². The van der Waals surface area contributed by atoms with E-state index in [9.17, 15) is 19.8 Å². The summed E-state index contributed by atoms with van der Waals surface area (Å²) in [6.45, 7) is 0.0218. The lowest BCUT2D eigenvalue weighted by molar-refractivity contribution is -0.147. The van der Waals surface area contributed by atoms with Crippen LogP contribution in [0, 0.1) is 0 Å². The van der Waals surface area contributed by atoms with E-state index in [0.717, 1.165) is 33.4 Å². The highest BCUT2D eigenvalue weighted by Crippen LogP contribution is 2.28. The number of nitrogens with one attached hydrogen (secondary N) is 4. The van der Waals surface area contributed by atoms with Crippen LogP contribution in [0.25, 0.3) is 0 Å². The number of nitrogens with zero attached hydrogens (tertiary/aromatic N) is 2. The van der Waals surface area contributed by atoms with Crippen LogP contribution in [0.1, 0.15) is 44.5 Å². The Bertz CT molecular complexity index is 2680. The lowest BCUT2D eigenvalue weighted by Gasteiger charge is -2.40. The van der Waals surface area contributed by atoms with Crippen molar-refractivity contribution in [2.75, 3.05) is 0 Å². The number of phenols is 2. The number of aromatic hydroxyl groups is 2. The fourth-order valence-corrected chi connectivity index (χ4v) is 9.71. The zero-order valence-electron chi connectivity index (χ0n) is 38.4. The molecule has 3 aliphatic heterocycles. The van der Waals surface area contributed by atoms with Crippen LogP contribution < -0.4 is 21.3 Å². The van der Waals surface area contributed by atoms with Gasteiger partial charge in [-0.1, -0.05) is 133 Å². The molecule has 0 unspecified atom stereocenters. The van der Waals surface area contributed by atoms with E-state index >= 15 is 19.2 Å². The largest absolute Gasteiger partial charge is 0.508 e. The van der Waals surface area contributed by atoms with Crippen LogP contribution in [0.5, 0.6) is 11.5 Å². The van der Waals surface area contributed by atoms with Crippen molar-refractivity contribution in [2.45, 2.75) is 87.9 Å². The summed E-state index contributed by atoms with van der Waals surface area (Å²) in [5.41, 5.74) is 5.94. The minimum absolute atomic E-state index is 0.0109. The Morgan fingerprint density at radius 1 is 0.357 bits per heavy atom. The summed E-state index contributed by atoms with van der Waals surface area (Å²) < 4.78 is 0. The van der Waals surface area contributed by atoms with Crippen molar-refractivity contribution >= 4 is 35.4 Å². The first-order valence-electron chi connectivity index (χ1n) is 23.6. The monoisotopic (exact) mass is 938 g/mol. The highest BCUT2D eigenvalue weighted by atomic mass is 16.3. The van der Waals surface area contributed by atoms with Gasteiger partial charge in [0.1, 0.15) is 47.8 Å². The number of phenolic OH excluding ortho intramolecular Hbond substituents is 2. The van der Waals surface area contributed by atoms with E-state index in [-0.39, 0.29) is 63.1 Å². The zero-order valence-corrected chi connectivity index (χ0v) is 38.4. The molecule has 6 amide bonds. The zero-order chi connectivity index (χ0) is 48.7. The molecule has 6 aromatic rings. The maximum atomic E-state index is 15.3. The third-order valence-corrected chi connectivity index (χ3v) is 13.5. The average molecular weight is 939 g/mol. The molecule has 356 valence electrons. The topological polar surface area (TPSA) is 197 Å². The van der Waals surface area contributed by atoms with Gasteiger partial charge in [-0.25, -0.2) is 0 Å². The normalized spacial score (nSPS) is 22.1. The van der Waals surface area contributed by atoms with Crippen molar-refractivity contribution in [1.82, 2.24) is 31.1 Å². The van der Waals surface area contributed by atoms with Crippen LogP contribution in [0.2, 0.25) is 0 Å². The predicted octanol–water partition coefficient (Wildman–Crippen LogP) is 4.23.